The number of alkyl halides is 6. The highest BCUT2D eigenvalue weighted by molar-refractivity contribution is 7.89. The molecule has 2 atom stereocenters. The van der Waals surface area contributed by atoms with Gasteiger partial charge < -0.3 is 14.6 Å². The summed E-state index contributed by atoms with van der Waals surface area (Å²) in [7, 11) is -2.77. The van der Waals surface area contributed by atoms with Crippen LogP contribution in [-0.4, -0.2) is 58.0 Å². The van der Waals surface area contributed by atoms with E-state index in [4.69, 9.17) is 9.47 Å². The third-order valence-electron chi connectivity index (χ3n) is 6.09. The molecule has 1 aliphatic heterocycles. The van der Waals surface area contributed by atoms with Crippen molar-refractivity contribution in [1.82, 2.24) is 10.0 Å². The molecule has 220 valence electrons. The molecule has 0 radical (unpaired) electrons. The smallest absolute Gasteiger partial charge is 0.411 e. The fourth-order valence-corrected chi connectivity index (χ4v) is 4.69. The Morgan fingerprint density at radius 2 is 1.62 bits per heavy atom. The van der Waals surface area contributed by atoms with E-state index < -0.39 is 64.0 Å². The molecular formula is C25H26F6N2O6S. The summed E-state index contributed by atoms with van der Waals surface area (Å²) >= 11 is 0. The molecule has 0 saturated heterocycles. The number of aliphatic hydroxyl groups is 1. The van der Waals surface area contributed by atoms with E-state index in [0.29, 0.717) is 12.0 Å². The van der Waals surface area contributed by atoms with Crippen LogP contribution in [0, 0.1) is 0 Å². The van der Waals surface area contributed by atoms with Crippen LogP contribution >= 0.6 is 0 Å². The average molecular weight is 597 g/mol. The van der Waals surface area contributed by atoms with E-state index >= 15 is 0 Å². The number of rotatable bonds is 9. The van der Waals surface area contributed by atoms with Crippen molar-refractivity contribution in [2.75, 3.05) is 20.0 Å². The number of nitrogens with one attached hydrogen (secondary N) is 2. The first-order chi connectivity index (χ1) is 18.5. The molecule has 0 aromatic heterocycles. The molecule has 1 amide bonds. The van der Waals surface area contributed by atoms with Gasteiger partial charge in [-0.05, 0) is 47.4 Å². The second-order valence-electron chi connectivity index (χ2n) is 9.04. The fourth-order valence-electron chi connectivity index (χ4n) is 4.25. The van der Waals surface area contributed by atoms with E-state index in [2.05, 4.69) is 0 Å². The molecule has 3 rings (SSSR count). The van der Waals surface area contributed by atoms with Gasteiger partial charge in [0.25, 0.3) is 5.91 Å². The van der Waals surface area contributed by atoms with Crippen molar-refractivity contribution in [3.63, 3.8) is 0 Å². The Morgan fingerprint density at radius 1 is 1.05 bits per heavy atom. The zero-order valence-electron chi connectivity index (χ0n) is 21.2. The van der Waals surface area contributed by atoms with E-state index in [-0.39, 0.29) is 29.9 Å². The lowest BCUT2D eigenvalue weighted by molar-refractivity contribution is -0.209. The van der Waals surface area contributed by atoms with Crippen LogP contribution < -0.4 is 19.5 Å². The Kier molecular flexibility index (Phi) is 9.11. The molecule has 2 aromatic carbocycles. The molecule has 1 aliphatic rings. The molecule has 15 heteroatoms. The number of methoxy groups -OCH3 is 1. The van der Waals surface area contributed by atoms with Crippen molar-refractivity contribution in [3.8, 4) is 11.5 Å². The van der Waals surface area contributed by atoms with Gasteiger partial charge in [-0.15, -0.1) is 0 Å². The topological polar surface area (TPSA) is 114 Å². The van der Waals surface area contributed by atoms with Gasteiger partial charge in [0.05, 0.1) is 25.5 Å². The quantitative estimate of drug-likeness (QED) is 0.296. The van der Waals surface area contributed by atoms with Gasteiger partial charge >= 0.3 is 12.4 Å². The van der Waals surface area contributed by atoms with Crippen molar-refractivity contribution >= 4 is 21.5 Å². The van der Waals surface area contributed by atoms with E-state index in [9.17, 15) is 44.7 Å². The van der Waals surface area contributed by atoms with E-state index in [1.807, 2.05) is 5.32 Å². The number of carbonyl (C=O) groups excluding carboxylic acids is 1. The molecule has 0 saturated carbocycles. The van der Waals surface area contributed by atoms with Crippen molar-refractivity contribution in [1.29, 1.82) is 0 Å². The average Bonchev–Trinajstić information content (AvgIpc) is 2.84. The van der Waals surface area contributed by atoms with Gasteiger partial charge in [-0.25, -0.2) is 13.1 Å². The number of ether oxygens (including phenoxy) is 2. The first-order valence-electron chi connectivity index (χ1n) is 11.7. The predicted octanol–water partition coefficient (Wildman–Crippen LogP) is 4.02. The number of sulfonamides is 1. The molecule has 40 heavy (non-hydrogen) atoms. The maximum atomic E-state index is 14.8. The number of carbonyl (C=O) groups is 1. The van der Waals surface area contributed by atoms with Crippen LogP contribution in [0.15, 0.2) is 54.1 Å². The Morgan fingerprint density at radius 3 is 2.12 bits per heavy atom. The molecule has 0 bridgehead atoms. The van der Waals surface area contributed by atoms with Crippen molar-refractivity contribution in [3.05, 3.63) is 65.2 Å². The number of benzene rings is 2. The lowest BCUT2D eigenvalue weighted by atomic mass is 9.76. The van der Waals surface area contributed by atoms with Crippen molar-refractivity contribution in [2.45, 2.75) is 43.4 Å². The molecule has 3 N–H and O–H groups in total. The molecule has 1 heterocycles. The van der Waals surface area contributed by atoms with Gasteiger partial charge in [-0.3, -0.25) is 10.1 Å². The molecule has 0 fully saturated rings. The van der Waals surface area contributed by atoms with Gasteiger partial charge in [0.1, 0.15) is 23.3 Å². The van der Waals surface area contributed by atoms with Crippen LogP contribution in [0.3, 0.4) is 0 Å². The third-order valence-corrected chi connectivity index (χ3v) is 6.65. The van der Waals surface area contributed by atoms with Gasteiger partial charge in [0.2, 0.25) is 10.0 Å². The number of hydrogen-bond donors (Lipinski definition) is 3. The second kappa shape index (κ2) is 11.7. The van der Waals surface area contributed by atoms with Crippen LogP contribution in [0.4, 0.5) is 26.3 Å². The maximum Gasteiger partial charge on any atom is 0.411 e. The van der Waals surface area contributed by atoms with E-state index in [1.165, 1.54) is 31.4 Å². The second-order valence-corrected chi connectivity index (χ2v) is 10.8. The summed E-state index contributed by atoms with van der Waals surface area (Å²) in [5.41, 5.74) is -4.15. The predicted molar refractivity (Wildman–Crippen MR) is 132 cm³/mol. The highest BCUT2D eigenvalue weighted by Crippen LogP contribution is 2.49. The molecule has 2 aromatic rings. The summed E-state index contributed by atoms with van der Waals surface area (Å²) in [6, 6.07) is 9.93. The standard InChI is InChI=1S/C25H26F6N2O6S/c1-38-17-8-4-15(5-9-17)19-14-23(25(29,30)31,32-21(34)20(19)22(35)33-40(2,36)37)16-6-10-18(11-7-16)39-13-3-12-24(26,27)28/h4-11,21,32,34H,3,12-14H2,1-2H3,(H,33,35)/t21?,23-/m0/s1. The summed E-state index contributed by atoms with van der Waals surface area (Å²) in [6.07, 6.45) is -13.4. The Hall–Kier alpha value is -3.30. The van der Waals surface area contributed by atoms with Crippen LogP contribution in [0.5, 0.6) is 11.5 Å². The Labute approximate surface area is 226 Å². The van der Waals surface area contributed by atoms with Gasteiger partial charge in [0, 0.05) is 12.8 Å². The van der Waals surface area contributed by atoms with Crippen LogP contribution in [0.1, 0.15) is 30.4 Å². The van der Waals surface area contributed by atoms with Crippen molar-refractivity contribution in [2.24, 2.45) is 0 Å². The van der Waals surface area contributed by atoms with Gasteiger partial charge in [-0.2, -0.15) is 26.3 Å². The lowest BCUT2D eigenvalue weighted by Gasteiger charge is -2.44. The lowest BCUT2D eigenvalue weighted by Crippen LogP contribution is -2.61. The van der Waals surface area contributed by atoms with Crippen LogP contribution in [0.2, 0.25) is 0 Å². The SMILES string of the molecule is COc1ccc(C2=C(C(=O)NS(C)(=O)=O)C(O)N[C@@](c3ccc(OCCCC(F)(F)F)cc3)(C(F)(F)F)C2)cc1. The summed E-state index contributed by atoms with van der Waals surface area (Å²) in [4.78, 5) is 12.8. The largest absolute Gasteiger partial charge is 0.497 e. The highest BCUT2D eigenvalue weighted by atomic mass is 32.2. The fraction of sp³-hybridized carbons (Fsp3) is 0.400. The molecule has 1 unspecified atom stereocenters. The van der Waals surface area contributed by atoms with E-state index in [0.717, 1.165) is 24.3 Å². The first kappa shape index (κ1) is 31.2. The van der Waals surface area contributed by atoms with Gasteiger partial charge in [-0.1, -0.05) is 24.3 Å². The summed E-state index contributed by atoms with van der Waals surface area (Å²) in [5, 5.41) is 12.9. The summed E-state index contributed by atoms with van der Waals surface area (Å²) in [5.74, 6) is -0.931. The normalized spacial score (nSPS) is 20.3. The monoisotopic (exact) mass is 596 g/mol. The minimum atomic E-state index is -5.06. The number of hydrogen-bond acceptors (Lipinski definition) is 7. The van der Waals surface area contributed by atoms with Gasteiger partial charge in [0.15, 0.2) is 0 Å². The number of amides is 1. The summed E-state index contributed by atoms with van der Waals surface area (Å²) in [6.45, 7) is -0.316. The zero-order chi connectivity index (χ0) is 29.9. The zero-order valence-corrected chi connectivity index (χ0v) is 22.0. The highest BCUT2D eigenvalue weighted by Gasteiger charge is 2.59. The number of aliphatic hydroxyl groups excluding tert-OH is 1. The summed E-state index contributed by atoms with van der Waals surface area (Å²) < 4.78 is 117. The first-order valence-corrected chi connectivity index (χ1v) is 13.6. The van der Waals surface area contributed by atoms with Crippen molar-refractivity contribution < 1.29 is 54.1 Å². The molecule has 0 spiro atoms. The minimum absolute atomic E-state index is 0.0266. The van der Waals surface area contributed by atoms with E-state index in [1.54, 1.807) is 4.72 Å². The van der Waals surface area contributed by atoms with Crippen LogP contribution in [0.25, 0.3) is 5.57 Å². The third kappa shape index (κ3) is 7.46. The van der Waals surface area contributed by atoms with Crippen LogP contribution in [-0.2, 0) is 20.4 Å². The Balaban J connectivity index is 2.05. The molecule has 8 nitrogen and oxygen atoms in total. The maximum absolute atomic E-state index is 14.8. The molecular weight excluding hydrogens is 570 g/mol. The minimum Gasteiger partial charge on any atom is -0.497 e. The molecule has 0 aliphatic carbocycles. The number of halogens is 6. The Bertz CT molecular complexity index is 1340.